The van der Waals surface area contributed by atoms with Crippen LogP contribution in [-0.4, -0.2) is 31.9 Å². The zero-order valence-electron chi connectivity index (χ0n) is 11.6. The summed E-state index contributed by atoms with van der Waals surface area (Å²) in [4.78, 5) is 35.6. The molecule has 3 rings (SSSR count). The van der Waals surface area contributed by atoms with Crippen molar-refractivity contribution in [3.8, 4) is 11.5 Å². The molecule has 0 saturated carbocycles. The molecule has 8 nitrogen and oxygen atoms in total. The number of imide groups is 1. The van der Waals surface area contributed by atoms with Gasteiger partial charge in [-0.25, -0.2) is 0 Å². The van der Waals surface area contributed by atoms with Gasteiger partial charge in [0.1, 0.15) is 0 Å². The summed E-state index contributed by atoms with van der Waals surface area (Å²) >= 11 is 0. The van der Waals surface area contributed by atoms with Crippen molar-refractivity contribution < 1.29 is 24.7 Å². The fourth-order valence-corrected chi connectivity index (χ4v) is 2.39. The summed E-state index contributed by atoms with van der Waals surface area (Å²) in [5.74, 6) is -1.88. The van der Waals surface area contributed by atoms with Gasteiger partial charge in [-0.15, -0.1) is 0 Å². The van der Waals surface area contributed by atoms with E-state index in [4.69, 9.17) is 0 Å². The predicted octanol–water partition coefficient (Wildman–Crippen LogP) is 1.80. The first kappa shape index (κ1) is 14.5. The monoisotopic (exact) mass is 314 g/mol. The van der Waals surface area contributed by atoms with Crippen LogP contribution in [0.4, 0.5) is 5.69 Å². The molecule has 0 fully saturated rings. The van der Waals surface area contributed by atoms with Crippen molar-refractivity contribution in [2.45, 2.75) is 6.54 Å². The number of hydrogen-bond donors (Lipinski definition) is 2. The molecule has 0 saturated heterocycles. The number of nitro benzene ring substituents is 1. The lowest BCUT2D eigenvalue weighted by Gasteiger charge is -2.14. The number of hydrogen-bond acceptors (Lipinski definition) is 6. The Labute approximate surface area is 129 Å². The molecule has 0 aromatic heterocycles. The van der Waals surface area contributed by atoms with Gasteiger partial charge in [0.15, 0.2) is 11.5 Å². The minimum Gasteiger partial charge on any atom is -0.504 e. The molecule has 2 N–H and O–H groups in total. The Bertz CT molecular complexity index is 861. The Hall–Kier alpha value is -3.42. The maximum Gasteiger partial charge on any atom is 0.270 e. The minimum absolute atomic E-state index is 0.0211. The number of nitro groups is 1. The van der Waals surface area contributed by atoms with Gasteiger partial charge in [-0.3, -0.25) is 24.6 Å². The number of carbonyl (C=O) groups is 2. The molecule has 0 radical (unpaired) electrons. The van der Waals surface area contributed by atoms with Gasteiger partial charge < -0.3 is 10.2 Å². The summed E-state index contributed by atoms with van der Waals surface area (Å²) in [6.07, 6.45) is 0. The second-order valence-corrected chi connectivity index (χ2v) is 5.01. The van der Waals surface area contributed by atoms with Crippen LogP contribution >= 0.6 is 0 Å². The Morgan fingerprint density at radius 2 is 1.65 bits per heavy atom. The Kier molecular flexibility index (Phi) is 3.21. The molecular weight excluding hydrogens is 304 g/mol. The van der Waals surface area contributed by atoms with Gasteiger partial charge in [0.2, 0.25) is 0 Å². The van der Waals surface area contributed by atoms with E-state index >= 15 is 0 Å². The average molecular weight is 314 g/mol. The van der Waals surface area contributed by atoms with Crippen LogP contribution < -0.4 is 0 Å². The van der Waals surface area contributed by atoms with Crippen LogP contribution in [0, 0.1) is 10.1 Å². The van der Waals surface area contributed by atoms with Crippen molar-refractivity contribution in [1.29, 1.82) is 0 Å². The zero-order valence-corrected chi connectivity index (χ0v) is 11.6. The molecule has 0 aliphatic carbocycles. The Morgan fingerprint density at radius 3 is 2.30 bits per heavy atom. The van der Waals surface area contributed by atoms with Crippen molar-refractivity contribution >= 4 is 17.5 Å². The van der Waals surface area contributed by atoms with E-state index in [9.17, 15) is 29.9 Å². The third-order valence-corrected chi connectivity index (χ3v) is 3.55. The number of rotatable bonds is 3. The zero-order chi connectivity index (χ0) is 16.7. The fourth-order valence-electron chi connectivity index (χ4n) is 2.39. The molecule has 8 heteroatoms. The highest BCUT2D eigenvalue weighted by Gasteiger charge is 2.36. The van der Waals surface area contributed by atoms with Crippen LogP contribution in [-0.2, 0) is 6.54 Å². The summed E-state index contributed by atoms with van der Waals surface area (Å²) in [6, 6.07) is 7.43. The van der Waals surface area contributed by atoms with Crippen molar-refractivity contribution in [3.63, 3.8) is 0 Å². The second-order valence-electron chi connectivity index (χ2n) is 5.01. The number of benzene rings is 2. The summed E-state index contributed by atoms with van der Waals surface area (Å²) in [5, 5.41) is 29.5. The van der Waals surface area contributed by atoms with E-state index in [1.54, 1.807) is 0 Å². The number of phenolic OH excluding ortho intramolecular Hbond substituents is 2. The van der Waals surface area contributed by atoms with Gasteiger partial charge in [0.05, 0.1) is 22.6 Å². The van der Waals surface area contributed by atoms with Crippen molar-refractivity contribution in [2.75, 3.05) is 0 Å². The van der Waals surface area contributed by atoms with Gasteiger partial charge >= 0.3 is 0 Å². The first-order chi connectivity index (χ1) is 10.9. The van der Waals surface area contributed by atoms with Gasteiger partial charge in [0.25, 0.3) is 17.5 Å². The molecule has 0 unspecified atom stereocenters. The number of nitrogens with zero attached hydrogens (tertiary/aromatic N) is 2. The lowest BCUT2D eigenvalue weighted by atomic mass is 10.1. The molecule has 1 heterocycles. The number of amides is 2. The summed E-state index contributed by atoms with van der Waals surface area (Å²) in [7, 11) is 0. The van der Waals surface area contributed by atoms with E-state index in [0.717, 1.165) is 11.0 Å². The lowest BCUT2D eigenvalue weighted by molar-refractivity contribution is -0.384. The normalized spacial score (nSPS) is 13.3. The predicted molar refractivity (Wildman–Crippen MR) is 77.1 cm³/mol. The van der Waals surface area contributed by atoms with Crippen LogP contribution in [0.15, 0.2) is 36.4 Å². The second kappa shape index (κ2) is 5.09. The van der Waals surface area contributed by atoms with Crippen LogP contribution in [0.5, 0.6) is 11.5 Å². The highest BCUT2D eigenvalue weighted by Crippen LogP contribution is 2.30. The number of carbonyl (C=O) groups excluding carboxylic acids is 2. The van der Waals surface area contributed by atoms with Crippen LogP contribution in [0.2, 0.25) is 0 Å². The summed E-state index contributed by atoms with van der Waals surface area (Å²) in [6.45, 7) is -0.117. The van der Waals surface area contributed by atoms with Gasteiger partial charge in [-0.05, 0) is 23.8 Å². The molecule has 2 aromatic carbocycles. The SMILES string of the molecule is O=C1c2ccc([N+](=O)[O-])cc2C(=O)N1Cc1ccc(O)c(O)c1. The van der Waals surface area contributed by atoms with E-state index in [1.807, 2.05) is 0 Å². The highest BCUT2D eigenvalue weighted by molar-refractivity contribution is 6.21. The standard InChI is InChI=1S/C15H10N2O6/c18-12-4-1-8(5-13(12)19)7-16-14(20)10-3-2-9(17(22)23)6-11(10)15(16)21/h1-6,18-19H,7H2. The number of fused-ring (bicyclic) bond motifs is 1. The molecule has 116 valence electrons. The fraction of sp³-hybridized carbons (Fsp3) is 0.0667. The topological polar surface area (TPSA) is 121 Å². The van der Waals surface area contributed by atoms with Gasteiger partial charge in [-0.2, -0.15) is 0 Å². The maximum atomic E-state index is 12.3. The maximum absolute atomic E-state index is 12.3. The molecule has 23 heavy (non-hydrogen) atoms. The van der Waals surface area contributed by atoms with E-state index in [1.165, 1.54) is 30.3 Å². The summed E-state index contributed by atoms with van der Waals surface area (Å²) in [5.41, 5.74) is 0.245. The third-order valence-electron chi connectivity index (χ3n) is 3.55. The van der Waals surface area contributed by atoms with Crippen molar-refractivity contribution in [1.82, 2.24) is 4.90 Å². The molecular formula is C15H10N2O6. The molecule has 0 atom stereocenters. The Morgan fingerprint density at radius 1 is 0.957 bits per heavy atom. The van der Waals surface area contributed by atoms with Crippen molar-refractivity contribution in [3.05, 3.63) is 63.2 Å². The quantitative estimate of drug-likeness (QED) is 0.385. The smallest absolute Gasteiger partial charge is 0.270 e. The number of phenols is 2. The lowest BCUT2D eigenvalue weighted by Crippen LogP contribution is -2.29. The molecule has 2 aromatic rings. The first-order valence-electron chi connectivity index (χ1n) is 6.54. The van der Waals surface area contributed by atoms with Crippen LogP contribution in [0.3, 0.4) is 0 Å². The largest absolute Gasteiger partial charge is 0.504 e. The Balaban J connectivity index is 1.93. The summed E-state index contributed by atoms with van der Waals surface area (Å²) < 4.78 is 0. The van der Waals surface area contributed by atoms with Gasteiger partial charge in [0, 0.05) is 12.1 Å². The van der Waals surface area contributed by atoms with Crippen molar-refractivity contribution in [2.24, 2.45) is 0 Å². The van der Waals surface area contributed by atoms with Gasteiger partial charge in [-0.1, -0.05) is 6.07 Å². The average Bonchev–Trinajstić information content (AvgIpc) is 2.75. The third kappa shape index (κ3) is 2.35. The number of non-ortho nitro benzene ring substituents is 1. The van der Waals surface area contributed by atoms with Crippen LogP contribution in [0.1, 0.15) is 26.3 Å². The molecule has 0 spiro atoms. The highest BCUT2D eigenvalue weighted by atomic mass is 16.6. The van der Waals surface area contributed by atoms with E-state index in [2.05, 4.69) is 0 Å². The molecule has 0 bridgehead atoms. The molecule has 1 aliphatic heterocycles. The molecule has 1 aliphatic rings. The van der Waals surface area contributed by atoms with E-state index in [0.29, 0.717) is 5.56 Å². The molecule has 2 amide bonds. The minimum atomic E-state index is -0.640. The van der Waals surface area contributed by atoms with E-state index < -0.39 is 16.7 Å². The van der Waals surface area contributed by atoms with E-state index in [-0.39, 0.29) is 34.9 Å². The number of aromatic hydroxyl groups is 2. The van der Waals surface area contributed by atoms with Crippen LogP contribution in [0.25, 0.3) is 0 Å². The first-order valence-corrected chi connectivity index (χ1v) is 6.54.